The number of rotatable bonds is 5. The van der Waals surface area contributed by atoms with Crippen molar-refractivity contribution in [2.45, 2.75) is 37.8 Å². The van der Waals surface area contributed by atoms with E-state index in [0.29, 0.717) is 12.2 Å². The van der Waals surface area contributed by atoms with E-state index in [0.717, 1.165) is 30.4 Å². The number of hydrogen-bond acceptors (Lipinski definition) is 5. The molecule has 2 rings (SSSR count). The van der Waals surface area contributed by atoms with Crippen LogP contribution in [-0.4, -0.2) is 33.6 Å². The molecule has 19 heavy (non-hydrogen) atoms. The molecular weight excluding hydrogens is 268 g/mol. The highest BCUT2D eigenvalue weighted by molar-refractivity contribution is 6.32. The number of halogens is 1. The van der Waals surface area contributed by atoms with Crippen molar-refractivity contribution >= 4 is 17.3 Å². The number of nitrogens with zero attached hydrogens (tertiary/aromatic N) is 2. The monoisotopic (exact) mass is 286 g/mol. The first kappa shape index (κ1) is 14.3. The van der Waals surface area contributed by atoms with E-state index in [4.69, 9.17) is 22.4 Å². The first-order chi connectivity index (χ1) is 9.12. The molecule has 0 spiro atoms. The van der Waals surface area contributed by atoms with E-state index in [1.807, 2.05) is 0 Å². The van der Waals surface area contributed by atoms with Crippen LogP contribution in [0.5, 0.6) is 0 Å². The summed E-state index contributed by atoms with van der Waals surface area (Å²) in [5.74, 6) is 0. The molecule has 1 aliphatic carbocycles. The fraction of sp³-hybridized carbons (Fsp3) is 0.667. The lowest BCUT2D eigenvalue weighted by atomic mass is 9.97. The molecule has 6 nitrogen and oxygen atoms in total. The summed E-state index contributed by atoms with van der Waals surface area (Å²) >= 11 is 6.07. The number of aliphatic hydroxyl groups is 1. The number of anilines is 1. The SMILES string of the molecule is NCC1(Nc2cnn(CCO)c(=O)c2Cl)CCCC1. The van der Waals surface area contributed by atoms with E-state index in [-0.39, 0.29) is 23.7 Å². The predicted molar refractivity (Wildman–Crippen MR) is 74.5 cm³/mol. The van der Waals surface area contributed by atoms with Crippen LogP contribution in [0.2, 0.25) is 5.02 Å². The largest absolute Gasteiger partial charge is 0.394 e. The standard InChI is InChI=1S/C12H19ClN4O2/c13-10-9(7-15-17(5-6-18)11(10)19)16-12(8-14)3-1-2-4-12/h7,16,18H,1-6,8,14H2. The van der Waals surface area contributed by atoms with Gasteiger partial charge in [0.05, 0.1) is 25.0 Å². The summed E-state index contributed by atoms with van der Waals surface area (Å²) in [6, 6.07) is 0. The normalized spacial score (nSPS) is 17.6. The number of nitrogens with one attached hydrogen (secondary N) is 1. The molecule has 0 unspecified atom stereocenters. The van der Waals surface area contributed by atoms with Gasteiger partial charge in [0.15, 0.2) is 0 Å². The summed E-state index contributed by atoms with van der Waals surface area (Å²) in [5.41, 5.74) is 5.78. The van der Waals surface area contributed by atoms with Crippen molar-refractivity contribution in [1.29, 1.82) is 0 Å². The minimum atomic E-state index is -0.397. The Balaban J connectivity index is 2.26. The summed E-state index contributed by atoms with van der Waals surface area (Å²) in [6.07, 6.45) is 5.71. The molecule has 0 aromatic carbocycles. The Morgan fingerprint density at radius 3 is 2.79 bits per heavy atom. The van der Waals surface area contributed by atoms with E-state index in [1.165, 1.54) is 6.20 Å². The maximum Gasteiger partial charge on any atom is 0.287 e. The van der Waals surface area contributed by atoms with Gasteiger partial charge in [-0.2, -0.15) is 5.10 Å². The maximum absolute atomic E-state index is 11.9. The Morgan fingerprint density at radius 1 is 1.53 bits per heavy atom. The van der Waals surface area contributed by atoms with Crippen LogP contribution in [0.4, 0.5) is 5.69 Å². The minimum absolute atomic E-state index is 0.100. The van der Waals surface area contributed by atoms with Crippen molar-refractivity contribution in [3.63, 3.8) is 0 Å². The van der Waals surface area contributed by atoms with Crippen molar-refractivity contribution in [2.24, 2.45) is 5.73 Å². The molecule has 7 heteroatoms. The maximum atomic E-state index is 11.9. The number of hydrogen-bond donors (Lipinski definition) is 3. The Kier molecular flexibility index (Phi) is 4.44. The van der Waals surface area contributed by atoms with Gasteiger partial charge in [-0.25, -0.2) is 4.68 Å². The molecule has 0 amide bonds. The van der Waals surface area contributed by atoms with Crippen LogP contribution in [0.15, 0.2) is 11.0 Å². The number of nitrogens with two attached hydrogens (primary N) is 1. The van der Waals surface area contributed by atoms with Gasteiger partial charge < -0.3 is 16.2 Å². The fourth-order valence-electron chi connectivity index (χ4n) is 2.52. The van der Waals surface area contributed by atoms with Gasteiger partial charge in [0.2, 0.25) is 0 Å². The number of aliphatic hydroxyl groups excluding tert-OH is 1. The minimum Gasteiger partial charge on any atom is -0.394 e. The molecule has 1 heterocycles. The van der Waals surface area contributed by atoms with Gasteiger partial charge in [-0.15, -0.1) is 0 Å². The van der Waals surface area contributed by atoms with E-state index in [1.54, 1.807) is 0 Å². The van der Waals surface area contributed by atoms with E-state index >= 15 is 0 Å². The third-order valence-corrected chi connectivity index (χ3v) is 4.01. The second-order valence-corrected chi connectivity index (χ2v) is 5.32. The second kappa shape index (κ2) is 5.90. The van der Waals surface area contributed by atoms with Gasteiger partial charge in [0, 0.05) is 12.1 Å². The molecule has 0 radical (unpaired) electrons. The lowest BCUT2D eigenvalue weighted by Gasteiger charge is -2.30. The van der Waals surface area contributed by atoms with Gasteiger partial charge >= 0.3 is 0 Å². The van der Waals surface area contributed by atoms with Gasteiger partial charge in [-0.05, 0) is 12.8 Å². The van der Waals surface area contributed by atoms with Crippen LogP contribution in [0.25, 0.3) is 0 Å². The highest BCUT2D eigenvalue weighted by Gasteiger charge is 2.33. The molecule has 4 N–H and O–H groups in total. The van der Waals surface area contributed by atoms with Crippen LogP contribution >= 0.6 is 11.6 Å². The number of aromatic nitrogens is 2. The molecule has 1 aromatic heterocycles. The van der Waals surface area contributed by atoms with Crippen molar-refractivity contribution < 1.29 is 5.11 Å². The molecule has 1 saturated carbocycles. The molecule has 106 valence electrons. The van der Waals surface area contributed by atoms with Crippen LogP contribution in [0.1, 0.15) is 25.7 Å². The third-order valence-electron chi connectivity index (χ3n) is 3.65. The summed E-state index contributed by atoms with van der Waals surface area (Å²) in [7, 11) is 0. The second-order valence-electron chi connectivity index (χ2n) is 4.94. The highest BCUT2D eigenvalue weighted by Crippen LogP contribution is 2.33. The van der Waals surface area contributed by atoms with Crippen molar-refractivity contribution in [1.82, 2.24) is 9.78 Å². The Hall–Kier alpha value is -1.11. The molecule has 0 bridgehead atoms. The average molecular weight is 287 g/mol. The molecule has 0 aliphatic heterocycles. The summed E-state index contributed by atoms with van der Waals surface area (Å²) in [5, 5.41) is 16.2. The van der Waals surface area contributed by atoms with Crippen molar-refractivity contribution in [3.8, 4) is 0 Å². The zero-order valence-corrected chi connectivity index (χ0v) is 11.5. The predicted octanol–water partition coefficient (Wildman–Crippen LogP) is 0.572. The van der Waals surface area contributed by atoms with Crippen molar-refractivity contribution in [3.05, 3.63) is 21.6 Å². The highest BCUT2D eigenvalue weighted by atomic mass is 35.5. The zero-order valence-electron chi connectivity index (χ0n) is 10.7. The summed E-state index contributed by atoms with van der Waals surface area (Å²) in [6.45, 7) is 0.493. The average Bonchev–Trinajstić information content (AvgIpc) is 2.88. The van der Waals surface area contributed by atoms with Crippen LogP contribution in [0, 0.1) is 0 Å². The third kappa shape index (κ3) is 2.91. The molecule has 0 saturated heterocycles. The first-order valence-corrected chi connectivity index (χ1v) is 6.84. The molecular formula is C12H19ClN4O2. The van der Waals surface area contributed by atoms with Crippen LogP contribution < -0.4 is 16.6 Å². The molecule has 1 aliphatic rings. The smallest absolute Gasteiger partial charge is 0.287 e. The molecule has 0 atom stereocenters. The van der Waals surface area contributed by atoms with E-state index < -0.39 is 5.56 Å². The Morgan fingerprint density at radius 2 is 2.21 bits per heavy atom. The van der Waals surface area contributed by atoms with Gasteiger partial charge in [-0.3, -0.25) is 4.79 Å². The quantitative estimate of drug-likeness (QED) is 0.736. The van der Waals surface area contributed by atoms with Crippen LogP contribution in [-0.2, 0) is 6.54 Å². The Bertz CT molecular complexity index is 497. The lowest BCUT2D eigenvalue weighted by Crippen LogP contribution is -2.43. The summed E-state index contributed by atoms with van der Waals surface area (Å²) < 4.78 is 1.15. The lowest BCUT2D eigenvalue weighted by molar-refractivity contribution is 0.266. The Labute approximate surface area is 116 Å². The van der Waals surface area contributed by atoms with Gasteiger partial charge in [-0.1, -0.05) is 24.4 Å². The first-order valence-electron chi connectivity index (χ1n) is 6.46. The van der Waals surface area contributed by atoms with Crippen molar-refractivity contribution in [2.75, 3.05) is 18.5 Å². The van der Waals surface area contributed by atoms with Gasteiger partial charge in [0.25, 0.3) is 5.56 Å². The zero-order chi connectivity index (χ0) is 13.9. The van der Waals surface area contributed by atoms with E-state index in [9.17, 15) is 4.79 Å². The summed E-state index contributed by atoms with van der Waals surface area (Å²) in [4.78, 5) is 11.9. The molecule has 1 aromatic rings. The van der Waals surface area contributed by atoms with E-state index in [2.05, 4.69) is 10.4 Å². The van der Waals surface area contributed by atoms with Gasteiger partial charge in [0.1, 0.15) is 5.02 Å². The molecule has 1 fully saturated rings. The fourth-order valence-corrected chi connectivity index (χ4v) is 2.72. The topological polar surface area (TPSA) is 93.2 Å². The van der Waals surface area contributed by atoms with Crippen LogP contribution in [0.3, 0.4) is 0 Å².